The molecule has 0 spiro atoms. The Morgan fingerprint density at radius 1 is 0.844 bits per heavy atom. The van der Waals surface area contributed by atoms with Gasteiger partial charge >= 0.3 is 12.1 Å². The van der Waals surface area contributed by atoms with Crippen LogP contribution in [-0.2, 0) is 6.18 Å². The minimum absolute atomic E-state index is 0.122. The van der Waals surface area contributed by atoms with Crippen LogP contribution < -0.4 is 5.32 Å². The summed E-state index contributed by atoms with van der Waals surface area (Å²) < 4.78 is 38.6. The molecule has 4 aromatic rings. The van der Waals surface area contributed by atoms with Crippen molar-refractivity contribution >= 4 is 28.6 Å². The maximum Gasteiger partial charge on any atom is 0.416 e. The van der Waals surface area contributed by atoms with Gasteiger partial charge in [0.1, 0.15) is 11.4 Å². The lowest BCUT2D eigenvalue weighted by Crippen LogP contribution is -2.17. The summed E-state index contributed by atoms with van der Waals surface area (Å²) in [5, 5.41) is 12.7. The number of para-hydroxylation sites is 1. The topological polar surface area (TPSA) is 79.3 Å². The molecule has 0 bridgehead atoms. The van der Waals surface area contributed by atoms with Crippen molar-refractivity contribution < 1.29 is 27.9 Å². The molecule has 0 saturated carbocycles. The van der Waals surface area contributed by atoms with Crippen molar-refractivity contribution in [2.24, 2.45) is 0 Å². The molecular weight excluding hydrogens is 421 g/mol. The molecule has 0 atom stereocenters. The van der Waals surface area contributed by atoms with E-state index in [-0.39, 0.29) is 16.9 Å². The number of carbonyl (C=O) groups is 2. The molecule has 1 aromatic heterocycles. The first kappa shape index (κ1) is 21.0. The fourth-order valence-corrected chi connectivity index (χ4v) is 3.32. The largest absolute Gasteiger partial charge is 0.478 e. The maximum absolute atomic E-state index is 13.0. The van der Waals surface area contributed by atoms with Crippen molar-refractivity contribution in [3.63, 3.8) is 0 Å². The summed E-state index contributed by atoms with van der Waals surface area (Å²) in [5.41, 5.74) is 0.506. The van der Waals surface area contributed by atoms with Crippen molar-refractivity contribution in [2.45, 2.75) is 6.18 Å². The van der Waals surface area contributed by atoms with E-state index in [1.807, 2.05) is 0 Å². The lowest BCUT2D eigenvalue weighted by molar-refractivity contribution is -0.137. The molecule has 1 amide bonds. The predicted molar refractivity (Wildman–Crippen MR) is 114 cm³/mol. The van der Waals surface area contributed by atoms with Gasteiger partial charge in [0.05, 0.1) is 11.1 Å². The summed E-state index contributed by atoms with van der Waals surface area (Å²) >= 11 is 0. The summed E-state index contributed by atoms with van der Waals surface area (Å²) in [6.45, 7) is 0. The van der Waals surface area contributed by atoms with Crippen LogP contribution in [0.1, 0.15) is 26.3 Å². The standard InChI is InChI=1S/C24H15F3N2O3/c25-24(26,27)16-11-9-14(10-12-16)17-6-2-3-7-18(17)22(30)29-21-19(23(31)32)13-15-5-1-4-8-20(15)28-21/h1-13H,(H,31,32)(H,28,29,30). The van der Waals surface area contributed by atoms with E-state index in [9.17, 15) is 27.9 Å². The van der Waals surface area contributed by atoms with Crippen molar-refractivity contribution in [1.82, 2.24) is 4.98 Å². The van der Waals surface area contributed by atoms with Crippen molar-refractivity contribution in [3.05, 3.63) is 95.6 Å². The number of halogens is 3. The third-order valence-corrected chi connectivity index (χ3v) is 4.88. The zero-order chi connectivity index (χ0) is 22.9. The van der Waals surface area contributed by atoms with Gasteiger partial charge in [-0.05, 0) is 41.5 Å². The Kier molecular flexibility index (Phi) is 5.36. The van der Waals surface area contributed by atoms with Crippen molar-refractivity contribution in [3.8, 4) is 11.1 Å². The number of aromatic carboxylic acids is 1. The first-order valence-electron chi connectivity index (χ1n) is 9.45. The van der Waals surface area contributed by atoms with Crippen LogP contribution in [-0.4, -0.2) is 22.0 Å². The van der Waals surface area contributed by atoms with Gasteiger partial charge < -0.3 is 10.4 Å². The van der Waals surface area contributed by atoms with Crippen LogP contribution in [0.4, 0.5) is 19.0 Å². The lowest BCUT2D eigenvalue weighted by atomic mass is 9.98. The van der Waals surface area contributed by atoms with Crippen molar-refractivity contribution in [2.75, 3.05) is 5.32 Å². The summed E-state index contributed by atoms with van der Waals surface area (Å²) in [4.78, 5) is 29.0. The number of benzene rings is 3. The Hall–Kier alpha value is -4.20. The number of carboxylic acids is 1. The number of nitrogens with one attached hydrogen (secondary N) is 1. The Morgan fingerprint density at radius 3 is 2.19 bits per heavy atom. The van der Waals surface area contributed by atoms with Crippen LogP contribution in [0.3, 0.4) is 0 Å². The van der Waals surface area contributed by atoms with E-state index in [2.05, 4.69) is 10.3 Å². The Bertz CT molecular complexity index is 1330. The second kappa shape index (κ2) is 8.14. The second-order valence-corrected chi connectivity index (χ2v) is 6.96. The van der Waals surface area contributed by atoms with Gasteiger partial charge in [-0.25, -0.2) is 9.78 Å². The molecule has 1 heterocycles. The minimum Gasteiger partial charge on any atom is -0.478 e. The molecule has 0 radical (unpaired) electrons. The van der Waals surface area contributed by atoms with Crippen molar-refractivity contribution in [1.29, 1.82) is 0 Å². The molecule has 0 fully saturated rings. The zero-order valence-corrected chi connectivity index (χ0v) is 16.4. The van der Waals surface area contributed by atoms with Crippen LogP contribution in [0, 0.1) is 0 Å². The predicted octanol–water partition coefficient (Wildman–Crippen LogP) is 5.87. The van der Waals surface area contributed by atoms with Gasteiger partial charge in [0.25, 0.3) is 5.91 Å². The number of carbonyl (C=O) groups excluding carboxylic acids is 1. The number of anilines is 1. The monoisotopic (exact) mass is 436 g/mol. The van der Waals surface area contributed by atoms with E-state index < -0.39 is 23.6 Å². The fourth-order valence-electron chi connectivity index (χ4n) is 3.32. The van der Waals surface area contributed by atoms with E-state index in [0.717, 1.165) is 12.1 Å². The van der Waals surface area contributed by atoms with E-state index >= 15 is 0 Å². The average molecular weight is 436 g/mol. The number of nitrogens with zero attached hydrogens (tertiary/aromatic N) is 1. The number of aromatic nitrogens is 1. The van der Waals surface area contributed by atoms with Crippen LogP contribution in [0.2, 0.25) is 0 Å². The highest BCUT2D eigenvalue weighted by molar-refractivity contribution is 6.11. The Balaban J connectivity index is 1.71. The molecule has 0 aliphatic rings. The van der Waals surface area contributed by atoms with Gasteiger partial charge in [-0.2, -0.15) is 13.2 Å². The van der Waals surface area contributed by atoms with Gasteiger partial charge in [0.2, 0.25) is 0 Å². The number of hydrogen-bond acceptors (Lipinski definition) is 3. The molecule has 2 N–H and O–H groups in total. The molecule has 0 unspecified atom stereocenters. The van der Waals surface area contributed by atoms with Gasteiger partial charge in [0, 0.05) is 10.9 Å². The number of fused-ring (bicyclic) bond motifs is 1. The highest BCUT2D eigenvalue weighted by atomic mass is 19.4. The third-order valence-electron chi connectivity index (χ3n) is 4.88. The summed E-state index contributed by atoms with van der Waals surface area (Å²) in [7, 11) is 0. The number of hydrogen-bond donors (Lipinski definition) is 2. The molecular formula is C24H15F3N2O3. The molecule has 4 rings (SSSR count). The van der Waals surface area contributed by atoms with E-state index in [0.29, 0.717) is 22.0 Å². The number of alkyl halides is 3. The summed E-state index contributed by atoms with van der Waals surface area (Å²) in [5.74, 6) is -2.01. The summed E-state index contributed by atoms with van der Waals surface area (Å²) in [6.07, 6.45) is -4.47. The highest BCUT2D eigenvalue weighted by Gasteiger charge is 2.30. The van der Waals surface area contributed by atoms with Gasteiger partial charge in [-0.3, -0.25) is 4.79 Å². The minimum atomic E-state index is -4.47. The van der Waals surface area contributed by atoms with E-state index in [1.54, 1.807) is 42.5 Å². The second-order valence-electron chi connectivity index (χ2n) is 6.96. The zero-order valence-electron chi connectivity index (χ0n) is 16.4. The molecule has 8 heteroatoms. The van der Waals surface area contributed by atoms with Gasteiger partial charge in [0.15, 0.2) is 0 Å². The summed E-state index contributed by atoms with van der Waals surface area (Å²) in [6, 6.07) is 19.1. The maximum atomic E-state index is 13.0. The average Bonchev–Trinajstić information content (AvgIpc) is 2.78. The fraction of sp³-hybridized carbons (Fsp3) is 0.0417. The molecule has 160 valence electrons. The van der Waals surface area contributed by atoms with E-state index in [1.165, 1.54) is 24.3 Å². The van der Waals surface area contributed by atoms with Gasteiger partial charge in [-0.15, -0.1) is 0 Å². The lowest BCUT2D eigenvalue weighted by Gasteiger charge is -2.13. The molecule has 5 nitrogen and oxygen atoms in total. The third kappa shape index (κ3) is 4.15. The normalized spacial score (nSPS) is 11.3. The van der Waals surface area contributed by atoms with E-state index in [4.69, 9.17) is 0 Å². The number of carboxylic acid groups (broad SMARTS) is 1. The molecule has 32 heavy (non-hydrogen) atoms. The first-order valence-corrected chi connectivity index (χ1v) is 9.45. The Morgan fingerprint density at radius 2 is 1.50 bits per heavy atom. The van der Waals surface area contributed by atoms with Crippen LogP contribution >= 0.6 is 0 Å². The SMILES string of the molecule is O=C(Nc1nc2ccccc2cc1C(=O)O)c1ccccc1-c1ccc(C(F)(F)F)cc1. The number of pyridine rings is 1. The highest BCUT2D eigenvalue weighted by Crippen LogP contribution is 2.32. The van der Waals surface area contributed by atoms with Crippen LogP contribution in [0.15, 0.2) is 78.9 Å². The van der Waals surface area contributed by atoms with Crippen LogP contribution in [0.25, 0.3) is 22.0 Å². The Labute approximate surface area is 180 Å². The smallest absolute Gasteiger partial charge is 0.416 e. The van der Waals surface area contributed by atoms with Crippen LogP contribution in [0.5, 0.6) is 0 Å². The molecule has 0 aliphatic carbocycles. The van der Waals surface area contributed by atoms with Gasteiger partial charge in [-0.1, -0.05) is 48.5 Å². The number of rotatable bonds is 4. The number of amides is 1. The molecule has 3 aromatic carbocycles. The first-order chi connectivity index (χ1) is 15.2. The molecule has 0 aliphatic heterocycles. The molecule has 0 saturated heterocycles. The quantitative estimate of drug-likeness (QED) is 0.419.